The first-order valence-electron chi connectivity index (χ1n) is 3.38. The molecule has 0 saturated carbocycles. The predicted molar refractivity (Wildman–Crippen MR) is 55.1 cm³/mol. The normalized spacial score (nSPS) is 9.62. The molecule has 0 heterocycles. The van der Waals surface area contributed by atoms with E-state index in [2.05, 4.69) is 4.52 Å². The minimum atomic E-state index is -4.60. The molecule has 0 bridgehead atoms. The maximum atomic E-state index is 10.4. The molecule has 85 valence electrons. The van der Waals surface area contributed by atoms with Crippen LogP contribution in [0.1, 0.15) is 0 Å². The van der Waals surface area contributed by atoms with Crippen molar-refractivity contribution in [3.8, 4) is 5.75 Å². The van der Waals surface area contributed by atoms with E-state index in [4.69, 9.17) is 9.79 Å². The van der Waals surface area contributed by atoms with Crippen LogP contribution < -0.4 is 4.52 Å². The van der Waals surface area contributed by atoms with E-state index in [-0.39, 0.29) is 46.5 Å². The third-order valence-electron chi connectivity index (χ3n) is 1.27. The van der Waals surface area contributed by atoms with Crippen LogP contribution in [0.3, 0.4) is 0 Å². The number of nitrogens with zero attached hydrogens (tertiary/aromatic N) is 1. The van der Waals surface area contributed by atoms with E-state index in [1.165, 1.54) is 0 Å². The molecule has 0 fully saturated rings. The number of phosphoric ester groups is 1. The van der Waals surface area contributed by atoms with Gasteiger partial charge in [0.1, 0.15) is 5.75 Å². The fraction of sp³-hybridized carbons (Fsp3) is 0. The van der Waals surface area contributed by atoms with Gasteiger partial charge in [0.2, 0.25) is 0 Å². The van der Waals surface area contributed by atoms with Crippen molar-refractivity contribution in [2.45, 2.75) is 0 Å². The van der Waals surface area contributed by atoms with E-state index < -0.39 is 12.7 Å². The molecule has 1 aromatic rings. The van der Waals surface area contributed by atoms with Gasteiger partial charge in [-0.3, -0.25) is 19.9 Å². The maximum absolute atomic E-state index is 10.4. The molecule has 0 saturated heterocycles. The van der Waals surface area contributed by atoms with Crippen molar-refractivity contribution in [1.29, 1.82) is 0 Å². The van der Waals surface area contributed by atoms with Gasteiger partial charge in [0.15, 0.2) is 0 Å². The molecule has 1 aromatic carbocycles. The van der Waals surface area contributed by atoms with E-state index in [1.54, 1.807) is 0 Å². The summed E-state index contributed by atoms with van der Waals surface area (Å²) >= 11 is 0. The van der Waals surface area contributed by atoms with Gasteiger partial charge < -0.3 is 10.00 Å². The quantitative estimate of drug-likeness (QED) is 0.335. The van der Waals surface area contributed by atoms with Crippen molar-refractivity contribution >= 4 is 43.1 Å². The number of phosphoric acid groups is 1. The summed E-state index contributed by atoms with van der Waals surface area (Å²) in [5.41, 5.74) is -0.178. The van der Waals surface area contributed by atoms with Crippen molar-refractivity contribution in [3.63, 3.8) is 0 Å². The van der Waals surface area contributed by atoms with Crippen molar-refractivity contribution in [2.75, 3.05) is 0 Å². The second-order valence-corrected chi connectivity index (χ2v) is 3.50. The molecule has 0 aliphatic carbocycles. The number of hydrogen-bond donors (Lipinski definition) is 2. The summed E-state index contributed by atoms with van der Waals surface area (Å²) in [6.07, 6.45) is 0. The van der Waals surface area contributed by atoms with Crippen LogP contribution in [0.2, 0.25) is 0 Å². The Bertz CT molecular complexity index is 388. The van der Waals surface area contributed by atoms with E-state index >= 15 is 0 Å². The molecule has 16 heavy (non-hydrogen) atoms. The Morgan fingerprint density at radius 2 is 1.69 bits per heavy atom. The molecule has 0 aliphatic heterocycles. The molecule has 0 aliphatic rings. The van der Waals surface area contributed by atoms with Crippen molar-refractivity contribution in [2.24, 2.45) is 0 Å². The Hall–Kier alpha value is -0.470. The van der Waals surface area contributed by atoms with E-state index in [1.807, 2.05) is 0 Å². The van der Waals surface area contributed by atoms with Gasteiger partial charge in [0.25, 0.3) is 5.69 Å². The van der Waals surface area contributed by atoms with Gasteiger partial charge in [-0.15, -0.1) is 0 Å². The SMILES string of the molecule is O.O=[N+]([O-])c1ccc(OP(=O)(O)O)cc1.[Na]. The summed E-state index contributed by atoms with van der Waals surface area (Å²) in [6, 6.07) is 4.39. The van der Waals surface area contributed by atoms with Gasteiger partial charge in [-0.05, 0) is 12.1 Å². The van der Waals surface area contributed by atoms with Crippen molar-refractivity contribution in [3.05, 3.63) is 34.4 Å². The zero-order chi connectivity index (χ0) is 10.8. The average molecular weight is 260 g/mol. The van der Waals surface area contributed by atoms with Crippen LogP contribution in [0.15, 0.2) is 24.3 Å². The van der Waals surface area contributed by atoms with Crippen molar-refractivity contribution < 1.29 is 29.3 Å². The van der Waals surface area contributed by atoms with Gasteiger partial charge in [-0.2, -0.15) is 0 Å². The molecule has 0 amide bonds. The zero-order valence-electron chi connectivity index (χ0n) is 8.23. The van der Waals surface area contributed by atoms with Gasteiger partial charge in [0.05, 0.1) is 4.92 Å². The van der Waals surface area contributed by atoms with Crippen LogP contribution in [0, 0.1) is 10.1 Å². The maximum Gasteiger partial charge on any atom is 0.524 e. The smallest absolute Gasteiger partial charge is 0.412 e. The minimum Gasteiger partial charge on any atom is -0.412 e. The second kappa shape index (κ2) is 6.97. The van der Waals surface area contributed by atoms with Crippen LogP contribution in [0.25, 0.3) is 0 Å². The number of rotatable bonds is 3. The molecule has 1 rings (SSSR count). The van der Waals surface area contributed by atoms with Crippen LogP contribution >= 0.6 is 7.82 Å². The number of nitro benzene ring substituents is 1. The summed E-state index contributed by atoms with van der Waals surface area (Å²) in [5, 5.41) is 10.2. The minimum absolute atomic E-state index is 0. The number of nitro groups is 1. The Morgan fingerprint density at radius 3 is 2.00 bits per heavy atom. The first-order chi connectivity index (χ1) is 6.38. The first-order valence-corrected chi connectivity index (χ1v) is 4.91. The molecule has 4 N–H and O–H groups in total. The molecular weight excluding hydrogens is 252 g/mol. The Kier molecular flexibility index (Phi) is 7.81. The number of hydrogen-bond acceptors (Lipinski definition) is 4. The van der Waals surface area contributed by atoms with E-state index in [9.17, 15) is 14.7 Å². The molecule has 8 nitrogen and oxygen atoms in total. The fourth-order valence-electron chi connectivity index (χ4n) is 0.766. The molecule has 1 radical (unpaired) electrons. The summed E-state index contributed by atoms with van der Waals surface area (Å²) in [5.74, 6) is -0.121. The molecule has 0 atom stereocenters. The predicted octanol–water partition coefficient (Wildman–Crippen LogP) is -0.139. The van der Waals surface area contributed by atoms with Gasteiger partial charge >= 0.3 is 7.82 Å². The van der Waals surface area contributed by atoms with Crippen LogP contribution in [0.4, 0.5) is 5.69 Å². The van der Waals surface area contributed by atoms with Crippen LogP contribution in [0.5, 0.6) is 5.75 Å². The third kappa shape index (κ3) is 6.19. The van der Waals surface area contributed by atoms with Crippen LogP contribution in [-0.4, -0.2) is 49.7 Å². The number of non-ortho nitro benzene ring substituents is 1. The molecule has 0 aromatic heterocycles. The van der Waals surface area contributed by atoms with E-state index in [0.717, 1.165) is 24.3 Å². The number of benzene rings is 1. The van der Waals surface area contributed by atoms with Gasteiger partial charge in [-0.25, -0.2) is 4.57 Å². The summed E-state index contributed by atoms with van der Waals surface area (Å²) in [6.45, 7) is 0. The fourth-order valence-corrected chi connectivity index (χ4v) is 1.16. The Balaban J connectivity index is 0. The third-order valence-corrected chi connectivity index (χ3v) is 1.72. The standard InChI is InChI=1S/C6H6NO6P.Na.H2O/c8-7(9)5-1-3-6(4-2-5)13-14(10,11)12;;/h1-4H,(H2,10,11,12);;1H2. The molecule has 0 unspecified atom stereocenters. The van der Waals surface area contributed by atoms with Gasteiger partial charge in [-0.1, -0.05) is 0 Å². The van der Waals surface area contributed by atoms with E-state index in [0.29, 0.717) is 0 Å². The zero-order valence-corrected chi connectivity index (χ0v) is 11.1. The first kappa shape index (κ1) is 17.9. The monoisotopic (exact) mass is 260 g/mol. The summed E-state index contributed by atoms with van der Waals surface area (Å²) in [4.78, 5) is 26.4. The molecule has 10 heteroatoms. The molecule has 0 spiro atoms. The summed E-state index contributed by atoms with van der Waals surface area (Å²) < 4.78 is 14.5. The molecular formula is C6H8NNaO7P. The topological polar surface area (TPSA) is 141 Å². The summed E-state index contributed by atoms with van der Waals surface area (Å²) in [7, 11) is -4.60. The van der Waals surface area contributed by atoms with Crippen molar-refractivity contribution in [1.82, 2.24) is 0 Å². The average Bonchev–Trinajstić information content (AvgIpc) is 2.02. The second-order valence-electron chi connectivity index (χ2n) is 2.33. The Morgan fingerprint density at radius 1 is 1.25 bits per heavy atom. The van der Waals surface area contributed by atoms with Gasteiger partial charge in [0, 0.05) is 41.7 Å². The largest absolute Gasteiger partial charge is 0.524 e. The van der Waals surface area contributed by atoms with Crippen LogP contribution in [-0.2, 0) is 4.57 Å². The Labute approximate surface area is 112 Å².